The van der Waals surface area contributed by atoms with Crippen LogP contribution in [-0.2, 0) is 11.2 Å². The van der Waals surface area contributed by atoms with Crippen molar-refractivity contribution in [3.8, 4) is 10.6 Å². The van der Waals surface area contributed by atoms with E-state index in [4.69, 9.17) is 4.74 Å². The maximum Gasteiger partial charge on any atom is 0.190 e. The third kappa shape index (κ3) is 6.22. The Morgan fingerprint density at radius 2 is 2.12 bits per heavy atom. The second-order valence-electron chi connectivity index (χ2n) is 5.24. The molecule has 0 saturated heterocycles. The van der Waals surface area contributed by atoms with Gasteiger partial charge in [0, 0.05) is 43.6 Å². The summed E-state index contributed by atoms with van der Waals surface area (Å²) >= 11 is 3.51. The van der Waals surface area contributed by atoms with Crippen molar-refractivity contribution in [2.75, 3.05) is 33.4 Å². The average molecular weight is 367 g/mol. The molecule has 0 aliphatic carbocycles. The van der Waals surface area contributed by atoms with E-state index < -0.39 is 0 Å². The summed E-state index contributed by atoms with van der Waals surface area (Å²) in [4.78, 5) is 11.4. The summed E-state index contributed by atoms with van der Waals surface area (Å²) in [6, 6.07) is 4.35. The number of nitrogens with zero attached hydrogens (tertiary/aromatic N) is 2. The summed E-state index contributed by atoms with van der Waals surface area (Å²) in [7, 11) is 1.80. The number of thiazole rings is 1. The first-order valence-corrected chi connectivity index (χ1v) is 9.96. The SMILES string of the molecule is CCOCCCNC(=NC)NCCc1ccc(-c2csc(C)n2)s1. The number of ether oxygens (including phenoxy) is 1. The van der Waals surface area contributed by atoms with Gasteiger partial charge >= 0.3 is 0 Å². The fourth-order valence-electron chi connectivity index (χ4n) is 2.18. The average Bonchev–Trinajstić information content (AvgIpc) is 3.22. The molecule has 2 aromatic heterocycles. The van der Waals surface area contributed by atoms with Crippen LogP contribution >= 0.6 is 22.7 Å². The van der Waals surface area contributed by atoms with Gasteiger partial charge in [0.15, 0.2) is 5.96 Å². The molecule has 0 bridgehead atoms. The lowest BCUT2D eigenvalue weighted by Gasteiger charge is -2.11. The molecule has 0 spiro atoms. The van der Waals surface area contributed by atoms with Crippen LogP contribution in [0.4, 0.5) is 0 Å². The molecule has 5 nitrogen and oxygen atoms in total. The summed E-state index contributed by atoms with van der Waals surface area (Å²) in [5.41, 5.74) is 1.09. The third-order valence-corrected chi connectivity index (χ3v) is 5.32. The summed E-state index contributed by atoms with van der Waals surface area (Å²) in [6.07, 6.45) is 1.96. The Morgan fingerprint density at radius 3 is 2.83 bits per heavy atom. The molecule has 0 fully saturated rings. The highest BCUT2D eigenvalue weighted by molar-refractivity contribution is 7.16. The van der Waals surface area contributed by atoms with Gasteiger partial charge in [0.05, 0.1) is 15.6 Å². The highest BCUT2D eigenvalue weighted by Gasteiger charge is 2.06. The normalized spacial score (nSPS) is 11.7. The molecule has 132 valence electrons. The van der Waals surface area contributed by atoms with Gasteiger partial charge in [-0.1, -0.05) is 0 Å². The van der Waals surface area contributed by atoms with E-state index in [2.05, 4.69) is 38.1 Å². The molecule has 0 radical (unpaired) electrons. The summed E-state index contributed by atoms with van der Waals surface area (Å²) in [5, 5.41) is 9.89. The molecule has 2 aromatic rings. The minimum Gasteiger partial charge on any atom is -0.382 e. The lowest BCUT2D eigenvalue weighted by Crippen LogP contribution is -2.38. The molecule has 0 atom stereocenters. The zero-order chi connectivity index (χ0) is 17.2. The third-order valence-electron chi connectivity index (χ3n) is 3.38. The summed E-state index contributed by atoms with van der Waals surface area (Å²) < 4.78 is 5.32. The Kier molecular flexibility index (Phi) is 8.21. The standard InChI is InChI=1S/C17H26N4OS2/c1-4-22-11-5-9-19-17(18-3)20-10-8-14-6-7-16(24-14)15-12-23-13(2)21-15/h6-7,12H,4-5,8-11H2,1-3H3,(H2,18,19,20). The van der Waals surface area contributed by atoms with Crippen LogP contribution in [0.15, 0.2) is 22.5 Å². The van der Waals surface area contributed by atoms with E-state index >= 15 is 0 Å². The fraction of sp³-hybridized carbons (Fsp3) is 0.529. The topological polar surface area (TPSA) is 58.5 Å². The van der Waals surface area contributed by atoms with Crippen LogP contribution in [0.25, 0.3) is 10.6 Å². The van der Waals surface area contributed by atoms with Crippen LogP contribution in [0.5, 0.6) is 0 Å². The van der Waals surface area contributed by atoms with Crippen molar-refractivity contribution in [3.05, 3.63) is 27.4 Å². The molecule has 2 N–H and O–H groups in total. The number of hydrogen-bond acceptors (Lipinski definition) is 5. The van der Waals surface area contributed by atoms with E-state index in [1.54, 1.807) is 18.4 Å². The fourth-order valence-corrected chi connectivity index (χ4v) is 3.83. The van der Waals surface area contributed by atoms with Gasteiger partial charge in [-0.25, -0.2) is 4.98 Å². The van der Waals surface area contributed by atoms with E-state index in [-0.39, 0.29) is 0 Å². The van der Waals surface area contributed by atoms with Gasteiger partial charge in [0.25, 0.3) is 0 Å². The first-order valence-electron chi connectivity index (χ1n) is 8.26. The van der Waals surface area contributed by atoms with Crippen molar-refractivity contribution < 1.29 is 4.74 Å². The minimum atomic E-state index is 0.774. The largest absolute Gasteiger partial charge is 0.382 e. The molecule has 0 saturated carbocycles. The maximum atomic E-state index is 5.32. The van der Waals surface area contributed by atoms with Crippen LogP contribution in [0, 0.1) is 6.92 Å². The predicted molar refractivity (Wildman–Crippen MR) is 104 cm³/mol. The molecule has 2 rings (SSSR count). The molecule has 2 heterocycles. The first-order chi connectivity index (χ1) is 11.7. The van der Waals surface area contributed by atoms with Crippen molar-refractivity contribution in [3.63, 3.8) is 0 Å². The molecule has 0 aliphatic rings. The molecule has 24 heavy (non-hydrogen) atoms. The smallest absolute Gasteiger partial charge is 0.190 e. The molecule has 0 aromatic carbocycles. The van der Waals surface area contributed by atoms with Crippen LogP contribution in [0.2, 0.25) is 0 Å². The monoisotopic (exact) mass is 366 g/mol. The summed E-state index contributed by atoms with van der Waals surface area (Å²) in [6.45, 7) is 7.34. The Morgan fingerprint density at radius 1 is 1.29 bits per heavy atom. The summed E-state index contributed by atoms with van der Waals surface area (Å²) in [5.74, 6) is 0.846. The van der Waals surface area contributed by atoms with Crippen molar-refractivity contribution in [1.82, 2.24) is 15.6 Å². The second-order valence-corrected chi connectivity index (χ2v) is 7.47. The Bertz CT molecular complexity index is 636. The molecular weight excluding hydrogens is 340 g/mol. The number of guanidine groups is 1. The first kappa shape index (κ1) is 18.9. The van der Waals surface area contributed by atoms with Gasteiger partial charge in [-0.05, 0) is 38.8 Å². The van der Waals surface area contributed by atoms with Gasteiger partial charge < -0.3 is 15.4 Å². The quantitative estimate of drug-likeness (QED) is 0.406. The number of aryl methyl sites for hydroxylation is 1. The molecule has 0 unspecified atom stereocenters. The molecule has 0 amide bonds. The second kappa shape index (κ2) is 10.4. The van der Waals surface area contributed by atoms with Gasteiger partial charge in [-0.3, -0.25) is 4.99 Å². The van der Waals surface area contributed by atoms with E-state index in [1.807, 2.05) is 25.2 Å². The maximum absolute atomic E-state index is 5.32. The predicted octanol–water partition coefficient (Wildman–Crippen LogP) is 3.31. The Hall–Kier alpha value is -1.44. The molecule has 7 heteroatoms. The van der Waals surface area contributed by atoms with Crippen LogP contribution < -0.4 is 10.6 Å². The van der Waals surface area contributed by atoms with Gasteiger partial charge in [-0.2, -0.15) is 0 Å². The van der Waals surface area contributed by atoms with Crippen LogP contribution in [0.1, 0.15) is 23.2 Å². The lowest BCUT2D eigenvalue weighted by atomic mass is 10.3. The van der Waals surface area contributed by atoms with Gasteiger partial charge in [0.2, 0.25) is 0 Å². The van der Waals surface area contributed by atoms with Crippen LogP contribution in [-0.4, -0.2) is 44.3 Å². The number of aromatic nitrogens is 1. The number of aliphatic imine (C=N–C) groups is 1. The number of thiophene rings is 1. The highest BCUT2D eigenvalue weighted by atomic mass is 32.1. The van der Waals surface area contributed by atoms with E-state index in [9.17, 15) is 0 Å². The Balaban J connectivity index is 1.70. The lowest BCUT2D eigenvalue weighted by molar-refractivity contribution is 0.145. The minimum absolute atomic E-state index is 0.774. The molecular formula is C17H26N4OS2. The number of rotatable bonds is 9. The number of hydrogen-bond donors (Lipinski definition) is 2. The van der Waals surface area contributed by atoms with E-state index in [0.29, 0.717) is 0 Å². The number of nitrogens with one attached hydrogen (secondary N) is 2. The van der Waals surface area contributed by atoms with Crippen molar-refractivity contribution in [2.45, 2.75) is 26.7 Å². The van der Waals surface area contributed by atoms with Crippen molar-refractivity contribution in [1.29, 1.82) is 0 Å². The van der Waals surface area contributed by atoms with E-state index in [1.165, 1.54) is 9.75 Å². The molecule has 0 aliphatic heterocycles. The highest BCUT2D eigenvalue weighted by Crippen LogP contribution is 2.29. The van der Waals surface area contributed by atoms with Crippen LogP contribution in [0.3, 0.4) is 0 Å². The zero-order valence-electron chi connectivity index (χ0n) is 14.6. The van der Waals surface area contributed by atoms with Crippen molar-refractivity contribution in [2.24, 2.45) is 4.99 Å². The van der Waals surface area contributed by atoms with Gasteiger partial charge in [-0.15, -0.1) is 22.7 Å². The Labute approximate surface area is 152 Å². The van der Waals surface area contributed by atoms with E-state index in [0.717, 1.165) is 55.8 Å². The van der Waals surface area contributed by atoms with Crippen molar-refractivity contribution >= 4 is 28.6 Å². The zero-order valence-corrected chi connectivity index (χ0v) is 16.2. The van der Waals surface area contributed by atoms with Gasteiger partial charge in [0.1, 0.15) is 0 Å².